The zero-order valence-electron chi connectivity index (χ0n) is 16.7. The molecule has 0 bridgehead atoms. The fourth-order valence-corrected chi connectivity index (χ4v) is 3.11. The first-order valence-electron chi connectivity index (χ1n) is 9.68. The maximum absolute atomic E-state index is 12.6. The first-order chi connectivity index (χ1) is 14.1. The van der Waals surface area contributed by atoms with E-state index in [0.29, 0.717) is 18.6 Å². The SMILES string of the molecule is CCOC(=O)C(CNC(=O)c1ccc(-n2nccc2C)cc1)Cc1ccccc1. The lowest BCUT2D eigenvalue weighted by Crippen LogP contribution is -2.35. The van der Waals surface area contributed by atoms with Gasteiger partial charge in [0.25, 0.3) is 5.91 Å². The summed E-state index contributed by atoms with van der Waals surface area (Å²) in [6.07, 6.45) is 2.25. The molecule has 1 aromatic heterocycles. The number of hydrogen-bond donors (Lipinski definition) is 1. The molecule has 3 rings (SSSR count). The molecule has 1 amide bonds. The van der Waals surface area contributed by atoms with Crippen molar-refractivity contribution < 1.29 is 14.3 Å². The fraction of sp³-hybridized carbons (Fsp3) is 0.261. The quantitative estimate of drug-likeness (QED) is 0.598. The molecule has 3 aromatic rings. The molecule has 29 heavy (non-hydrogen) atoms. The number of esters is 1. The minimum absolute atomic E-state index is 0.215. The van der Waals surface area contributed by atoms with Crippen LogP contribution in [0.2, 0.25) is 0 Å². The van der Waals surface area contributed by atoms with Crippen molar-refractivity contribution in [2.24, 2.45) is 5.92 Å². The molecule has 1 atom stereocenters. The standard InChI is InChI=1S/C23H25N3O3/c1-3-29-23(28)20(15-18-7-5-4-6-8-18)16-24-22(27)19-9-11-21(12-10-19)26-17(2)13-14-25-26/h4-14,20H,3,15-16H2,1-2H3,(H,24,27). The zero-order chi connectivity index (χ0) is 20.6. The fourth-order valence-electron chi connectivity index (χ4n) is 3.11. The maximum Gasteiger partial charge on any atom is 0.311 e. The smallest absolute Gasteiger partial charge is 0.311 e. The third kappa shape index (κ3) is 5.31. The second-order valence-electron chi connectivity index (χ2n) is 6.78. The number of benzene rings is 2. The van der Waals surface area contributed by atoms with Crippen LogP contribution >= 0.6 is 0 Å². The highest BCUT2D eigenvalue weighted by Gasteiger charge is 2.21. The molecule has 1 N–H and O–H groups in total. The van der Waals surface area contributed by atoms with Crippen LogP contribution in [0.3, 0.4) is 0 Å². The number of aryl methyl sites for hydroxylation is 1. The van der Waals surface area contributed by atoms with Gasteiger partial charge in [0.1, 0.15) is 0 Å². The minimum Gasteiger partial charge on any atom is -0.466 e. The minimum atomic E-state index is -0.438. The Bertz CT molecular complexity index is 949. The third-order valence-corrected chi connectivity index (χ3v) is 4.66. The summed E-state index contributed by atoms with van der Waals surface area (Å²) in [4.78, 5) is 24.9. The summed E-state index contributed by atoms with van der Waals surface area (Å²) in [6.45, 7) is 4.27. The van der Waals surface area contributed by atoms with Crippen molar-refractivity contribution >= 4 is 11.9 Å². The van der Waals surface area contributed by atoms with E-state index in [2.05, 4.69) is 10.4 Å². The number of hydrogen-bond acceptors (Lipinski definition) is 4. The van der Waals surface area contributed by atoms with Gasteiger partial charge in [-0.15, -0.1) is 0 Å². The van der Waals surface area contributed by atoms with Gasteiger partial charge < -0.3 is 10.1 Å². The molecule has 0 saturated heterocycles. The van der Waals surface area contributed by atoms with Gasteiger partial charge in [-0.25, -0.2) is 4.68 Å². The van der Waals surface area contributed by atoms with Crippen molar-refractivity contribution in [3.63, 3.8) is 0 Å². The largest absolute Gasteiger partial charge is 0.466 e. The van der Waals surface area contributed by atoms with Crippen LogP contribution in [0.5, 0.6) is 0 Å². The first kappa shape index (κ1) is 20.3. The number of carbonyl (C=O) groups is 2. The summed E-state index contributed by atoms with van der Waals surface area (Å²) >= 11 is 0. The number of nitrogens with zero attached hydrogens (tertiary/aromatic N) is 2. The molecule has 2 aromatic carbocycles. The van der Waals surface area contributed by atoms with Gasteiger partial charge in [0.05, 0.1) is 18.2 Å². The molecule has 1 heterocycles. The molecule has 0 saturated carbocycles. The molecule has 0 aliphatic rings. The Morgan fingerprint density at radius 2 is 1.79 bits per heavy atom. The van der Waals surface area contributed by atoms with E-state index in [1.165, 1.54) is 0 Å². The summed E-state index contributed by atoms with van der Waals surface area (Å²) in [7, 11) is 0. The van der Waals surface area contributed by atoms with E-state index in [1.54, 1.807) is 29.9 Å². The lowest BCUT2D eigenvalue weighted by atomic mass is 9.99. The van der Waals surface area contributed by atoms with Crippen LogP contribution < -0.4 is 5.32 Å². The van der Waals surface area contributed by atoms with Crippen molar-refractivity contribution in [1.82, 2.24) is 15.1 Å². The Morgan fingerprint density at radius 1 is 1.07 bits per heavy atom. The number of amides is 1. The highest BCUT2D eigenvalue weighted by atomic mass is 16.5. The number of nitrogens with one attached hydrogen (secondary N) is 1. The Morgan fingerprint density at radius 3 is 2.41 bits per heavy atom. The van der Waals surface area contributed by atoms with Gasteiger partial charge in [0, 0.05) is 24.0 Å². The molecular formula is C23H25N3O3. The summed E-state index contributed by atoms with van der Waals surface area (Å²) < 4.78 is 6.99. The average Bonchev–Trinajstić information content (AvgIpc) is 3.17. The first-order valence-corrected chi connectivity index (χ1v) is 9.68. The van der Waals surface area contributed by atoms with Gasteiger partial charge in [-0.2, -0.15) is 5.10 Å². The summed E-state index contributed by atoms with van der Waals surface area (Å²) in [5.41, 5.74) is 3.46. The second kappa shape index (κ2) is 9.68. The van der Waals surface area contributed by atoms with Gasteiger partial charge in [-0.1, -0.05) is 30.3 Å². The van der Waals surface area contributed by atoms with Crippen LogP contribution in [0, 0.1) is 12.8 Å². The van der Waals surface area contributed by atoms with Crippen LogP contribution in [0.4, 0.5) is 0 Å². The molecule has 0 fully saturated rings. The number of carbonyl (C=O) groups excluding carboxylic acids is 2. The zero-order valence-corrected chi connectivity index (χ0v) is 16.7. The lowest BCUT2D eigenvalue weighted by Gasteiger charge is -2.16. The van der Waals surface area contributed by atoms with E-state index in [4.69, 9.17) is 4.74 Å². The third-order valence-electron chi connectivity index (χ3n) is 4.66. The van der Waals surface area contributed by atoms with Crippen LogP contribution in [0.15, 0.2) is 66.9 Å². The van der Waals surface area contributed by atoms with Gasteiger partial charge in [-0.3, -0.25) is 9.59 Å². The van der Waals surface area contributed by atoms with Crippen molar-refractivity contribution in [2.75, 3.05) is 13.2 Å². The molecule has 6 nitrogen and oxygen atoms in total. The monoisotopic (exact) mass is 391 g/mol. The van der Waals surface area contributed by atoms with Crippen molar-refractivity contribution in [2.45, 2.75) is 20.3 Å². The maximum atomic E-state index is 12.6. The van der Waals surface area contributed by atoms with Gasteiger partial charge >= 0.3 is 5.97 Å². The molecule has 0 radical (unpaired) electrons. The van der Waals surface area contributed by atoms with Crippen LogP contribution in [-0.2, 0) is 16.0 Å². The number of ether oxygens (including phenoxy) is 1. The van der Waals surface area contributed by atoms with Gasteiger partial charge in [-0.05, 0) is 56.2 Å². The molecule has 0 spiro atoms. The molecule has 6 heteroatoms. The van der Waals surface area contributed by atoms with E-state index in [-0.39, 0.29) is 18.4 Å². The molecule has 1 unspecified atom stereocenters. The highest BCUT2D eigenvalue weighted by molar-refractivity contribution is 5.94. The molecular weight excluding hydrogens is 366 g/mol. The van der Waals surface area contributed by atoms with E-state index in [9.17, 15) is 9.59 Å². The topological polar surface area (TPSA) is 73.2 Å². The highest BCUT2D eigenvalue weighted by Crippen LogP contribution is 2.13. The Hall–Kier alpha value is -3.41. The van der Waals surface area contributed by atoms with Gasteiger partial charge in [0.2, 0.25) is 0 Å². The lowest BCUT2D eigenvalue weighted by molar-refractivity contribution is -0.147. The number of aromatic nitrogens is 2. The summed E-state index contributed by atoms with van der Waals surface area (Å²) in [5, 5.41) is 7.12. The van der Waals surface area contributed by atoms with Crippen molar-refractivity contribution in [3.8, 4) is 5.69 Å². The second-order valence-corrected chi connectivity index (χ2v) is 6.78. The number of rotatable bonds is 8. The van der Waals surface area contributed by atoms with Crippen molar-refractivity contribution in [1.29, 1.82) is 0 Å². The van der Waals surface area contributed by atoms with E-state index >= 15 is 0 Å². The Labute approximate surface area is 170 Å². The Balaban J connectivity index is 1.64. The average molecular weight is 391 g/mol. The predicted molar refractivity (Wildman–Crippen MR) is 111 cm³/mol. The normalized spacial score (nSPS) is 11.7. The summed E-state index contributed by atoms with van der Waals surface area (Å²) in [5.74, 6) is -0.968. The molecule has 0 aliphatic carbocycles. The van der Waals surface area contributed by atoms with Crippen LogP contribution in [0.25, 0.3) is 5.69 Å². The van der Waals surface area contributed by atoms with Crippen LogP contribution in [-0.4, -0.2) is 34.8 Å². The van der Waals surface area contributed by atoms with E-state index in [1.807, 2.05) is 55.5 Å². The van der Waals surface area contributed by atoms with Crippen molar-refractivity contribution in [3.05, 3.63) is 83.7 Å². The Kier molecular flexibility index (Phi) is 6.79. The summed E-state index contributed by atoms with van der Waals surface area (Å²) in [6, 6.07) is 18.8. The van der Waals surface area contributed by atoms with Crippen LogP contribution in [0.1, 0.15) is 28.5 Å². The molecule has 150 valence electrons. The van der Waals surface area contributed by atoms with E-state index < -0.39 is 5.92 Å². The predicted octanol–water partition coefficient (Wildman–Crippen LogP) is 3.33. The molecule has 0 aliphatic heterocycles. The van der Waals surface area contributed by atoms with Gasteiger partial charge in [0.15, 0.2) is 0 Å². The van der Waals surface area contributed by atoms with E-state index in [0.717, 1.165) is 16.9 Å².